The number of carbonyl (C=O) groups excluding carboxylic acids is 1. The number of anilines is 2. The van der Waals surface area contributed by atoms with Crippen LogP contribution in [0.15, 0.2) is 66.7 Å². The van der Waals surface area contributed by atoms with Crippen molar-refractivity contribution < 1.29 is 14.3 Å². The molecule has 1 saturated heterocycles. The summed E-state index contributed by atoms with van der Waals surface area (Å²) in [4.78, 5) is 15.0. The Kier molecular flexibility index (Phi) is 7.83. The third-order valence-corrected chi connectivity index (χ3v) is 6.94. The molecule has 2 aliphatic heterocycles. The first-order valence-corrected chi connectivity index (χ1v) is 11.9. The molecule has 3 aromatic carbocycles. The lowest BCUT2D eigenvalue weighted by atomic mass is 9.84. The van der Waals surface area contributed by atoms with E-state index in [0.717, 1.165) is 55.2 Å². The minimum Gasteiger partial charge on any atom is -0.493 e. The van der Waals surface area contributed by atoms with E-state index in [2.05, 4.69) is 27.7 Å². The lowest BCUT2D eigenvalue weighted by molar-refractivity contribution is 0.102. The molecular weight excluding hydrogens is 462 g/mol. The summed E-state index contributed by atoms with van der Waals surface area (Å²) < 4.78 is 11.1. The molecule has 3 aromatic rings. The molecule has 5 rings (SSSR count). The van der Waals surface area contributed by atoms with E-state index < -0.39 is 0 Å². The summed E-state index contributed by atoms with van der Waals surface area (Å²) in [6.45, 7) is 2.15. The van der Waals surface area contributed by atoms with Gasteiger partial charge in [0.2, 0.25) is 0 Å². The molecule has 35 heavy (non-hydrogen) atoms. The number of methoxy groups -OCH3 is 2. The van der Waals surface area contributed by atoms with Gasteiger partial charge in [0.15, 0.2) is 11.5 Å². The number of nitrogens with zero attached hydrogens (tertiary/aromatic N) is 1. The zero-order chi connectivity index (χ0) is 23.5. The molecule has 2 N–H and O–H groups in total. The first-order chi connectivity index (χ1) is 16.6. The van der Waals surface area contributed by atoms with Gasteiger partial charge in [-0.2, -0.15) is 0 Å². The van der Waals surface area contributed by atoms with E-state index in [1.54, 1.807) is 14.2 Å². The van der Waals surface area contributed by atoms with Crippen molar-refractivity contribution in [3.8, 4) is 11.5 Å². The number of amides is 1. The Bertz CT molecular complexity index is 1150. The summed E-state index contributed by atoms with van der Waals surface area (Å²) in [5, 5.41) is 6.67. The first-order valence-electron chi connectivity index (χ1n) is 11.9. The number of ether oxygens (including phenoxy) is 2. The third-order valence-electron chi connectivity index (χ3n) is 6.94. The molecule has 7 heteroatoms. The summed E-state index contributed by atoms with van der Waals surface area (Å²) in [7, 11) is 3.39. The van der Waals surface area contributed by atoms with Gasteiger partial charge < -0.3 is 20.1 Å². The Morgan fingerprint density at radius 3 is 2.31 bits per heavy atom. The molecule has 2 atom stereocenters. The van der Waals surface area contributed by atoms with E-state index in [1.807, 2.05) is 54.6 Å². The van der Waals surface area contributed by atoms with Crippen LogP contribution in [-0.2, 0) is 6.42 Å². The summed E-state index contributed by atoms with van der Waals surface area (Å²) in [6.07, 6.45) is 3.18. The minimum atomic E-state index is -0.100. The van der Waals surface area contributed by atoms with E-state index in [4.69, 9.17) is 9.47 Å². The Hall–Kier alpha value is -3.22. The van der Waals surface area contributed by atoms with Crippen LogP contribution in [0.5, 0.6) is 11.5 Å². The maximum Gasteiger partial charge on any atom is 0.255 e. The van der Waals surface area contributed by atoms with E-state index >= 15 is 0 Å². The average Bonchev–Trinajstić information content (AvgIpc) is 2.89. The predicted octanol–water partition coefficient (Wildman–Crippen LogP) is 5.55. The van der Waals surface area contributed by atoms with Gasteiger partial charge in [-0.25, -0.2) is 0 Å². The highest BCUT2D eigenvalue weighted by molar-refractivity contribution is 6.04. The lowest BCUT2D eigenvalue weighted by Crippen LogP contribution is -2.44. The van der Waals surface area contributed by atoms with E-state index in [9.17, 15) is 4.79 Å². The standard InChI is InChI=1S/C28H31N3O3.ClH/c1-33-26-16-20-12-14-31-15-13-23(17-25(31)24(20)18-27(26)34-2)29-21-8-10-22(11-9-21)30-28(32)19-6-4-3-5-7-19;/h3-11,16,18,23,25,29H,12-15,17H2,1-2H3,(H,30,32);1H. The first kappa shape index (κ1) is 24.9. The summed E-state index contributed by atoms with van der Waals surface area (Å²) >= 11 is 0. The summed E-state index contributed by atoms with van der Waals surface area (Å²) in [5.74, 6) is 1.50. The molecule has 0 aromatic heterocycles. The van der Waals surface area contributed by atoms with Crippen molar-refractivity contribution in [2.24, 2.45) is 0 Å². The molecule has 1 fully saturated rings. The molecule has 2 aliphatic rings. The smallest absolute Gasteiger partial charge is 0.255 e. The number of fused-ring (bicyclic) bond motifs is 3. The second kappa shape index (κ2) is 11.0. The average molecular weight is 494 g/mol. The number of hydrogen-bond acceptors (Lipinski definition) is 5. The van der Waals surface area contributed by atoms with Crippen LogP contribution in [0.3, 0.4) is 0 Å². The molecule has 2 unspecified atom stereocenters. The normalized spacial score (nSPS) is 18.9. The number of hydrogen-bond donors (Lipinski definition) is 2. The molecule has 2 heterocycles. The van der Waals surface area contributed by atoms with Gasteiger partial charge in [0.05, 0.1) is 14.2 Å². The van der Waals surface area contributed by atoms with E-state index in [0.29, 0.717) is 17.6 Å². The topological polar surface area (TPSA) is 62.8 Å². The van der Waals surface area contributed by atoms with Crippen LogP contribution in [0, 0.1) is 0 Å². The maximum atomic E-state index is 12.4. The Morgan fingerprint density at radius 2 is 1.60 bits per heavy atom. The summed E-state index contributed by atoms with van der Waals surface area (Å²) in [5.41, 5.74) is 5.22. The Labute approximate surface area is 213 Å². The highest BCUT2D eigenvalue weighted by atomic mass is 35.5. The van der Waals surface area contributed by atoms with Gasteiger partial charge in [-0.1, -0.05) is 18.2 Å². The van der Waals surface area contributed by atoms with E-state index in [-0.39, 0.29) is 18.3 Å². The van der Waals surface area contributed by atoms with Crippen LogP contribution in [-0.4, -0.2) is 44.2 Å². The van der Waals surface area contributed by atoms with Gasteiger partial charge in [-0.3, -0.25) is 9.69 Å². The number of rotatable bonds is 6. The predicted molar refractivity (Wildman–Crippen MR) is 142 cm³/mol. The van der Waals surface area contributed by atoms with Crippen LogP contribution in [0.2, 0.25) is 0 Å². The zero-order valence-corrected chi connectivity index (χ0v) is 20.9. The van der Waals surface area contributed by atoms with Crippen molar-refractivity contribution in [1.29, 1.82) is 0 Å². The third kappa shape index (κ3) is 5.39. The van der Waals surface area contributed by atoms with Gasteiger partial charge in [-0.05, 0) is 78.9 Å². The van der Waals surface area contributed by atoms with Crippen molar-refractivity contribution in [1.82, 2.24) is 4.90 Å². The monoisotopic (exact) mass is 493 g/mol. The van der Waals surface area contributed by atoms with Gasteiger partial charge >= 0.3 is 0 Å². The molecule has 184 valence electrons. The molecule has 1 amide bonds. The number of benzene rings is 3. The Balaban J connectivity index is 0.00000289. The highest BCUT2D eigenvalue weighted by Crippen LogP contribution is 2.42. The van der Waals surface area contributed by atoms with Gasteiger partial charge in [-0.15, -0.1) is 12.4 Å². The maximum absolute atomic E-state index is 12.4. The van der Waals surface area contributed by atoms with Crippen LogP contribution in [0.1, 0.15) is 40.4 Å². The molecule has 6 nitrogen and oxygen atoms in total. The van der Waals surface area contributed by atoms with Crippen molar-refractivity contribution in [2.45, 2.75) is 31.3 Å². The second-order valence-corrected chi connectivity index (χ2v) is 8.97. The van der Waals surface area contributed by atoms with Crippen LogP contribution < -0.4 is 20.1 Å². The molecule has 0 aliphatic carbocycles. The quantitative estimate of drug-likeness (QED) is 0.471. The number of nitrogens with one attached hydrogen (secondary N) is 2. The second-order valence-electron chi connectivity index (χ2n) is 8.97. The zero-order valence-electron chi connectivity index (χ0n) is 20.1. The van der Waals surface area contributed by atoms with Crippen molar-refractivity contribution >= 4 is 29.7 Å². The molecule has 0 spiro atoms. The molecule has 0 saturated carbocycles. The molecule has 0 radical (unpaired) electrons. The van der Waals surface area contributed by atoms with Crippen LogP contribution in [0.4, 0.5) is 11.4 Å². The number of halogens is 1. The van der Waals surface area contributed by atoms with Crippen molar-refractivity contribution in [2.75, 3.05) is 37.9 Å². The number of carbonyl (C=O) groups is 1. The summed E-state index contributed by atoms with van der Waals surface area (Å²) in [6, 6.07) is 22.3. The van der Waals surface area contributed by atoms with Crippen molar-refractivity contribution in [3.05, 3.63) is 83.4 Å². The van der Waals surface area contributed by atoms with Crippen molar-refractivity contribution in [3.63, 3.8) is 0 Å². The van der Waals surface area contributed by atoms with E-state index in [1.165, 1.54) is 11.1 Å². The fraction of sp³-hybridized carbons (Fsp3) is 0.321. The Morgan fingerprint density at radius 1 is 0.914 bits per heavy atom. The molecular formula is C28H32ClN3O3. The molecule has 0 bridgehead atoms. The fourth-order valence-corrected chi connectivity index (χ4v) is 5.14. The van der Waals surface area contributed by atoms with Gasteiger partial charge in [0, 0.05) is 42.1 Å². The van der Waals surface area contributed by atoms with Crippen LogP contribution in [0.25, 0.3) is 0 Å². The van der Waals surface area contributed by atoms with Gasteiger partial charge in [0.25, 0.3) is 5.91 Å². The highest BCUT2D eigenvalue weighted by Gasteiger charge is 2.34. The number of piperidine rings is 1. The largest absolute Gasteiger partial charge is 0.493 e. The van der Waals surface area contributed by atoms with Gasteiger partial charge in [0.1, 0.15) is 0 Å². The van der Waals surface area contributed by atoms with Crippen LogP contribution >= 0.6 is 12.4 Å². The minimum absolute atomic E-state index is 0. The fourth-order valence-electron chi connectivity index (χ4n) is 5.14. The SMILES string of the molecule is COc1cc2c(cc1OC)C1CC(Nc3ccc(NC(=O)c4ccccc4)cc3)CCN1CC2.Cl. The lowest BCUT2D eigenvalue weighted by Gasteiger charge is -2.44.